The Labute approximate surface area is 108 Å². The van der Waals surface area contributed by atoms with Crippen molar-refractivity contribution in [2.24, 2.45) is 5.73 Å². The molecule has 0 aliphatic heterocycles. The first-order chi connectivity index (χ1) is 7.54. The number of hydrogen-bond acceptors (Lipinski definition) is 3. The van der Waals surface area contributed by atoms with Crippen LogP contribution < -0.4 is 15.8 Å². The number of methoxy groups -OCH3 is 1. The second-order valence-corrected chi connectivity index (χ2v) is 3.79. The molecule has 0 radical (unpaired) electrons. The van der Waals surface area contributed by atoms with Crippen LogP contribution >= 0.6 is 12.4 Å². The van der Waals surface area contributed by atoms with Gasteiger partial charge in [-0.2, -0.15) is 0 Å². The van der Waals surface area contributed by atoms with E-state index in [1.165, 1.54) is 0 Å². The van der Waals surface area contributed by atoms with Crippen LogP contribution in [0.5, 0.6) is 5.75 Å². The number of benzene rings is 1. The van der Waals surface area contributed by atoms with E-state index < -0.39 is 6.04 Å². The maximum Gasteiger partial charge on any atom is 0.237 e. The van der Waals surface area contributed by atoms with Crippen LogP contribution in [0.3, 0.4) is 0 Å². The molecule has 0 aliphatic rings. The van der Waals surface area contributed by atoms with Gasteiger partial charge in [0.05, 0.1) is 19.2 Å². The first kappa shape index (κ1) is 15.7. The van der Waals surface area contributed by atoms with Gasteiger partial charge in [-0.1, -0.05) is 12.1 Å². The molecule has 17 heavy (non-hydrogen) atoms. The molecule has 0 aromatic heterocycles. The van der Waals surface area contributed by atoms with Crippen molar-refractivity contribution < 1.29 is 9.53 Å². The van der Waals surface area contributed by atoms with E-state index in [-0.39, 0.29) is 24.4 Å². The molecule has 0 heterocycles. The van der Waals surface area contributed by atoms with Crippen molar-refractivity contribution in [2.45, 2.75) is 25.9 Å². The molecule has 1 amide bonds. The second-order valence-electron chi connectivity index (χ2n) is 3.79. The average Bonchev–Trinajstić information content (AvgIpc) is 2.28. The lowest BCUT2D eigenvalue weighted by molar-refractivity contribution is -0.122. The third-order valence-electron chi connectivity index (χ3n) is 2.39. The highest BCUT2D eigenvalue weighted by Gasteiger charge is 2.12. The first-order valence-corrected chi connectivity index (χ1v) is 5.24. The molecule has 1 aromatic rings. The highest BCUT2D eigenvalue weighted by atomic mass is 35.5. The fraction of sp³-hybridized carbons (Fsp3) is 0.417. The Morgan fingerprint density at radius 3 is 2.24 bits per heavy atom. The van der Waals surface area contributed by atoms with Crippen molar-refractivity contribution in [1.82, 2.24) is 5.32 Å². The van der Waals surface area contributed by atoms with Crippen LogP contribution in [-0.4, -0.2) is 19.1 Å². The maximum atomic E-state index is 11.4. The fourth-order valence-electron chi connectivity index (χ4n) is 1.32. The molecule has 0 saturated heterocycles. The Kier molecular flexibility index (Phi) is 6.61. The van der Waals surface area contributed by atoms with Crippen molar-refractivity contribution in [3.63, 3.8) is 0 Å². The number of ether oxygens (including phenoxy) is 1. The first-order valence-electron chi connectivity index (χ1n) is 5.24. The summed E-state index contributed by atoms with van der Waals surface area (Å²) in [5.41, 5.74) is 6.50. The largest absolute Gasteiger partial charge is 0.497 e. The SMILES string of the molecule is COc1ccc(C(C)NC(=O)C(C)N)cc1.Cl. The lowest BCUT2D eigenvalue weighted by Crippen LogP contribution is -2.39. The number of amides is 1. The normalized spacial score (nSPS) is 13.2. The Bertz CT molecular complexity index is 352. The number of carbonyl (C=O) groups is 1. The quantitative estimate of drug-likeness (QED) is 0.863. The van der Waals surface area contributed by atoms with Crippen LogP contribution in [0.4, 0.5) is 0 Å². The molecule has 1 aromatic carbocycles. The Hall–Kier alpha value is -1.26. The van der Waals surface area contributed by atoms with Gasteiger partial charge in [-0.3, -0.25) is 4.79 Å². The third-order valence-corrected chi connectivity index (χ3v) is 2.39. The van der Waals surface area contributed by atoms with E-state index in [0.29, 0.717) is 0 Å². The third kappa shape index (κ3) is 4.63. The average molecular weight is 259 g/mol. The van der Waals surface area contributed by atoms with E-state index in [1.54, 1.807) is 14.0 Å². The summed E-state index contributed by atoms with van der Waals surface area (Å²) >= 11 is 0. The Morgan fingerprint density at radius 1 is 1.29 bits per heavy atom. The zero-order valence-corrected chi connectivity index (χ0v) is 11.1. The van der Waals surface area contributed by atoms with Gasteiger partial charge in [0.25, 0.3) is 0 Å². The van der Waals surface area contributed by atoms with Crippen LogP contribution in [0.15, 0.2) is 24.3 Å². The van der Waals surface area contributed by atoms with Crippen molar-refractivity contribution >= 4 is 18.3 Å². The van der Waals surface area contributed by atoms with Gasteiger partial charge in [0.15, 0.2) is 0 Å². The van der Waals surface area contributed by atoms with Gasteiger partial charge in [-0.15, -0.1) is 12.4 Å². The summed E-state index contributed by atoms with van der Waals surface area (Å²) in [6.45, 7) is 3.58. The highest BCUT2D eigenvalue weighted by molar-refractivity contribution is 5.85. The van der Waals surface area contributed by atoms with Crippen molar-refractivity contribution in [1.29, 1.82) is 0 Å². The minimum Gasteiger partial charge on any atom is -0.497 e. The van der Waals surface area contributed by atoms with Gasteiger partial charge in [-0.05, 0) is 31.5 Å². The summed E-state index contributed by atoms with van der Waals surface area (Å²) in [5.74, 6) is 0.651. The lowest BCUT2D eigenvalue weighted by Gasteiger charge is -2.16. The van der Waals surface area contributed by atoms with E-state index >= 15 is 0 Å². The molecule has 0 aliphatic carbocycles. The summed E-state index contributed by atoms with van der Waals surface area (Å²) in [4.78, 5) is 11.4. The van der Waals surface area contributed by atoms with Crippen LogP contribution in [0.25, 0.3) is 0 Å². The van der Waals surface area contributed by atoms with Crippen LogP contribution in [0, 0.1) is 0 Å². The molecule has 0 saturated carbocycles. The summed E-state index contributed by atoms with van der Waals surface area (Å²) in [6, 6.07) is 7.04. The Balaban J connectivity index is 0.00000256. The number of hydrogen-bond donors (Lipinski definition) is 2. The standard InChI is InChI=1S/C12H18N2O2.ClH/c1-8(13)12(15)14-9(2)10-4-6-11(16-3)7-5-10;/h4-9H,13H2,1-3H3,(H,14,15);1H. The summed E-state index contributed by atoms with van der Waals surface area (Å²) in [6.07, 6.45) is 0. The van der Waals surface area contributed by atoms with E-state index in [2.05, 4.69) is 5.32 Å². The molecule has 0 bridgehead atoms. The molecule has 1 rings (SSSR count). The molecule has 2 unspecified atom stereocenters. The van der Waals surface area contributed by atoms with Crippen LogP contribution in [0.1, 0.15) is 25.5 Å². The van der Waals surface area contributed by atoms with Gasteiger partial charge < -0.3 is 15.8 Å². The summed E-state index contributed by atoms with van der Waals surface area (Å²) < 4.78 is 5.06. The predicted octanol–water partition coefficient (Wildman–Crippen LogP) is 1.64. The molecular weight excluding hydrogens is 240 g/mol. The van der Waals surface area contributed by atoms with Gasteiger partial charge >= 0.3 is 0 Å². The monoisotopic (exact) mass is 258 g/mol. The molecule has 3 N–H and O–H groups in total. The zero-order valence-electron chi connectivity index (χ0n) is 10.3. The molecular formula is C12H19ClN2O2. The van der Waals surface area contributed by atoms with E-state index in [1.807, 2.05) is 31.2 Å². The van der Waals surface area contributed by atoms with Crippen molar-refractivity contribution in [3.05, 3.63) is 29.8 Å². The maximum absolute atomic E-state index is 11.4. The van der Waals surface area contributed by atoms with Gasteiger partial charge in [-0.25, -0.2) is 0 Å². The molecule has 2 atom stereocenters. The smallest absolute Gasteiger partial charge is 0.237 e. The molecule has 0 spiro atoms. The summed E-state index contributed by atoms with van der Waals surface area (Å²) in [7, 11) is 1.62. The topological polar surface area (TPSA) is 64.3 Å². The number of nitrogens with one attached hydrogen (secondary N) is 1. The molecule has 5 heteroatoms. The van der Waals surface area contributed by atoms with Crippen molar-refractivity contribution in [3.8, 4) is 5.75 Å². The minimum atomic E-state index is -0.485. The molecule has 96 valence electrons. The van der Waals surface area contributed by atoms with Gasteiger partial charge in [0, 0.05) is 0 Å². The van der Waals surface area contributed by atoms with E-state index in [4.69, 9.17) is 10.5 Å². The van der Waals surface area contributed by atoms with Crippen LogP contribution in [-0.2, 0) is 4.79 Å². The van der Waals surface area contributed by atoms with Crippen molar-refractivity contribution in [2.75, 3.05) is 7.11 Å². The number of rotatable bonds is 4. The predicted molar refractivity (Wildman–Crippen MR) is 70.4 cm³/mol. The summed E-state index contributed by atoms with van der Waals surface area (Å²) in [5, 5.41) is 2.83. The fourth-order valence-corrected chi connectivity index (χ4v) is 1.32. The molecule has 0 fully saturated rings. The van der Waals surface area contributed by atoms with E-state index in [9.17, 15) is 4.79 Å². The lowest BCUT2D eigenvalue weighted by atomic mass is 10.1. The van der Waals surface area contributed by atoms with Gasteiger partial charge in [0.1, 0.15) is 5.75 Å². The number of carbonyl (C=O) groups excluding carboxylic acids is 1. The zero-order chi connectivity index (χ0) is 12.1. The molecule has 4 nitrogen and oxygen atoms in total. The second kappa shape index (κ2) is 7.14. The Morgan fingerprint density at radius 2 is 1.82 bits per heavy atom. The minimum absolute atomic E-state index is 0. The number of halogens is 1. The number of nitrogens with two attached hydrogens (primary N) is 1. The van der Waals surface area contributed by atoms with Crippen LogP contribution in [0.2, 0.25) is 0 Å². The highest BCUT2D eigenvalue weighted by Crippen LogP contribution is 2.17. The van der Waals surface area contributed by atoms with Gasteiger partial charge in [0.2, 0.25) is 5.91 Å². The van der Waals surface area contributed by atoms with E-state index in [0.717, 1.165) is 11.3 Å².